The molecule has 0 atom stereocenters. The summed E-state index contributed by atoms with van der Waals surface area (Å²) >= 11 is 0. The first-order valence-corrected chi connectivity index (χ1v) is 4.47. The van der Waals surface area contributed by atoms with Crippen LogP contribution in [0.15, 0.2) is 30.7 Å². The highest BCUT2D eigenvalue weighted by Gasteiger charge is 2.00. The van der Waals surface area contributed by atoms with Crippen molar-refractivity contribution in [2.75, 3.05) is 0 Å². The molecule has 13 heavy (non-hydrogen) atoms. The highest BCUT2D eigenvalue weighted by atomic mass is 14.8. The summed E-state index contributed by atoms with van der Waals surface area (Å²) in [5.41, 5.74) is 2.35. The minimum absolute atomic E-state index is 0.555. The van der Waals surface area contributed by atoms with Crippen molar-refractivity contribution in [3.8, 4) is 0 Å². The maximum absolute atomic E-state index is 4.21. The van der Waals surface area contributed by atoms with Gasteiger partial charge in [-0.3, -0.25) is 0 Å². The van der Waals surface area contributed by atoms with Gasteiger partial charge >= 0.3 is 0 Å². The molecule has 0 amide bonds. The molecule has 0 saturated carbocycles. The summed E-state index contributed by atoms with van der Waals surface area (Å²) < 4.78 is 0. The monoisotopic (exact) mass is 172 g/mol. The molecule has 0 aliphatic carbocycles. The van der Waals surface area contributed by atoms with Crippen LogP contribution in [0.3, 0.4) is 0 Å². The maximum atomic E-state index is 4.21. The van der Waals surface area contributed by atoms with E-state index in [0.29, 0.717) is 5.92 Å². The molecular weight excluding hydrogens is 160 g/mol. The molecule has 2 heteroatoms. The average Bonchev–Trinajstić information content (AvgIpc) is 2.17. The first-order valence-electron chi connectivity index (χ1n) is 4.47. The summed E-state index contributed by atoms with van der Waals surface area (Å²) in [5.74, 6) is 0.555. The topological polar surface area (TPSA) is 25.8 Å². The van der Waals surface area contributed by atoms with Gasteiger partial charge in [0.05, 0.1) is 5.52 Å². The molecule has 1 heterocycles. The molecule has 0 aliphatic rings. The summed E-state index contributed by atoms with van der Waals surface area (Å²) in [6.45, 7) is 4.37. The Balaban J connectivity index is 2.62. The number of aromatic nitrogens is 2. The minimum Gasteiger partial charge on any atom is -0.244 e. The second-order valence-corrected chi connectivity index (χ2v) is 3.50. The van der Waals surface area contributed by atoms with E-state index >= 15 is 0 Å². The third-order valence-corrected chi connectivity index (χ3v) is 2.20. The predicted molar refractivity (Wildman–Crippen MR) is 53.6 cm³/mol. The number of fused-ring (bicyclic) bond motifs is 1. The molecule has 2 nitrogen and oxygen atoms in total. The Hall–Kier alpha value is -1.44. The Morgan fingerprint density at radius 1 is 1.23 bits per heavy atom. The number of hydrogen-bond acceptors (Lipinski definition) is 2. The molecule has 2 aromatic rings. The Kier molecular flexibility index (Phi) is 1.97. The van der Waals surface area contributed by atoms with E-state index in [0.717, 1.165) is 10.9 Å². The fourth-order valence-electron chi connectivity index (χ4n) is 1.35. The molecule has 0 fully saturated rings. The van der Waals surface area contributed by atoms with E-state index in [1.165, 1.54) is 5.56 Å². The molecule has 66 valence electrons. The van der Waals surface area contributed by atoms with Crippen LogP contribution < -0.4 is 0 Å². The van der Waals surface area contributed by atoms with Crippen LogP contribution in [0.1, 0.15) is 25.3 Å². The highest BCUT2D eigenvalue weighted by Crippen LogP contribution is 2.18. The summed E-state index contributed by atoms with van der Waals surface area (Å²) in [4.78, 5) is 8.19. The van der Waals surface area contributed by atoms with Crippen molar-refractivity contribution in [1.29, 1.82) is 0 Å². The summed E-state index contributed by atoms with van der Waals surface area (Å²) in [6, 6.07) is 6.34. The average molecular weight is 172 g/mol. The lowest BCUT2D eigenvalue weighted by molar-refractivity contribution is 0.868. The standard InChI is InChI=1S/C11H12N2/c1-8(2)9-3-4-10-6-12-7-13-11(10)5-9/h3-8H,1-2H3. The van der Waals surface area contributed by atoms with E-state index in [9.17, 15) is 0 Å². The third-order valence-electron chi connectivity index (χ3n) is 2.20. The normalized spacial score (nSPS) is 11.0. The highest BCUT2D eigenvalue weighted by molar-refractivity contribution is 5.78. The van der Waals surface area contributed by atoms with Gasteiger partial charge in [-0.1, -0.05) is 26.0 Å². The van der Waals surface area contributed by atoms with Crippen LogP contribution in [-0.2, 0) is 0 Å². The molecular formula is C11H12N2. The Labute approximate surface area is 77.6 Å². The van der Waals surface area contributed by atoms with Crippen LogP contribution in [0.5, 0.6) is 0 Å². The molecule has 2 rings (SSSR count). The summed E-state index contributed by atoms with van der Waals surface area (Å²) in [7, 11) is 0. The van der Waals surface area contributed by atoms with E-state index in [1.54, 1.807) is 6.33 Å². The summed E-state index contributed by atoms with van der Waals surface area (Å²) in [6.07, 6.45) is 3.43. The zero-order valence-electron chi connectivity index (χ0n) is 7.86. The van der Waals surface area contributed by atoms with Gasteiger partial charge in [0.2, 0.25) is 0 Å². The van der Waals surface area contributed by atoms with Gasteiger partial charge in [-0.2, -0.15) is 0 Å². The maximum Gasteiger partial charge on any atom is 0.116 e. The van der Waals surface area contributed by atoms with Gasteiger partial charge < -0.3 is 0 Å². The minimum atomic E-state index is 0.555. The smallest absolute Gasteiger partial charge is 0.116 e. The van der Waals surface area contributed by atoms with Gasteiger partial charge in [0.25, 0.3) is 0 Å². The zero-order valence-corrected chi connectivity index (χ0v) is 7.86. The van der Waals surface area contributed by atoms with E-state index in [2.05, 4.69) is 42.0 Å². The van der Waals surface area contributed by atoms with Crippen molar-refractivity contribution in [2.45, 2.75) is 19.8 Å². The van der Waals surface area contributed by atoms with Crippen molar-refractivity contribution in [3.63, 3.8) is 0 Å². The zero-order chi connectivity index (χ0) is 9.26. The van der Waals surface area contributed by atoms with Crippen molar-refractivity contribution >= 4 is 10.9 Å². The molecule has 0 spiro atoms. The van der Waals surface area contributed by atoms with Crippen molar-refractivity contribution in [1.82, 2.24) is 9.97 Å². The Bertz CT molecular complexity index is 421. The first kappa shape index (κ1) is 8.17. The Morgan fingerprint density at radius 3 is 2.85 bits per heavy atom. The lowest BCUT2D eigenvalue weighted by Gasteiger charge is -2.05. The molecule has 0 N–H and O–H groups in total. The van der Waals surface area contributed by atoms with Gasteiger partial charge in [0, 0.05) is 11.6 Å². The van der Waals surface area contributed by atoms with Crippen LogP contribution in [0.2, 0.25) is 0 Å². The molecule has 1 aromatic carbocycles. The van der Waals surface area contributed by atoms with Crippen LogP contribution in [0.4, 0.5) is 0 Å². The fraction of sp³-hybridized carbons (Fsp3) is 0.273. The second-order valence-electron chi connectivity index (χ2n) is 3.50. The molecule has 0 unspecified atom stereocenters. The second kappa shape index (κ2) is 3.13. The number of rotatable bonds is 1. The van der Waals surface area contributed by atoms with Gasteiger partial charge in [-0.25, -0.2) is 9.97 Å². The van der Waals surface area contributed by atoms with Crippen LogP contribution >= 0.6 is 0 Å². The van der Waals surface area contributed by atoms with Crippen LogP contribution in [0, 0.1) is 0 Å². The van der Waals surface area contributed by atoms with E-state index in [1.807, 2.05) is 6.20 Å². The van der Waals surface area contributed by atoms with Gasteiger partial charge in [-0.05, 0) is 17.5 Å². The van der Waals surface area contributed by atoms with Gasteiger partial charge in [0.15, 0.2) is 0 Å². The number of nitrogens with zero attached hydrogens (tertiary/aromatic N) is 2. The van der Waals surface area contributed by atoms with E-state index in [4.69, 9.17) is 0 Å². The summed E-state index contributed by atoms with van der Waals surface area (Å²) in [5, 5.41) is 1.10. The van der Waals surface area contributed by atoms with Crippen molar-refractivity contribution in [2.24, 2.45) is 0 Å². The van der Waals surface area contributed by atoms with Crippen molar-refractivity contribution < 1.29 is 0 Å². The van der Waals surface area contributed by atoms with Gasteiger partial charge in [0.1, 0.15) is 6.33 Å². The molecule has 0 radical (unpaired) electrons. The molecule has 1 aromatic heterocycles. The lowest BCUT2D eigenvalue weighted by atomic mass is 10.0. The quantitative estimate of drug-likeness (QED) is 0.661. The Morgan fingerprint density at radius 2 is 2.08 bits per heavy atom. The van der Waals surface area contributed by atoms with Gasteiger partial charge in [-0.15, -0.1) is 0 Å². The van der Waals surface area contributed by atoms with E-state index < -0.39 is 0 Å². The fourth-order valence-corrected chi connectivity index (χ4v) is 1.35. The molecule has 0 saturated heterocycles. The molecule has 0 bridgehead atoms. The van der Waals surface area contributed by atoms with Crippen LogP contribution in [-0.4, -0.2) is 9.97 Å². The number of benzene rings is 1. The van der Waals surface area contributed by atoms with Crippen LogP contribution in [0.25, 0.3) is 10.9 Å². The lowest BCUT2D eigenvalue weighted by Crippen LogP contribution is -1.88. The third kappa shape index (κ3) is 1.52. The SMILES string of the molecule is CC(C)c1ccc2cncnc2c1. The first-order chi connectivity index (χ1) is 6.27. The van der Waals surface area contributed by atoms with E-state index in [-0.39, 0.29) is 0 Å². The molecule has 0 aliphatic heterocycles. The largest absolute Gasteiger partial charge is 0.244 e. The predicted octanol–water partition coefficient (Wildman–Crippen LogP) is 2.75. The van der Waals surface area contributed by atoms with Crippen molar-refractivity contribution in [3.05, 3.63) is 36.3 Å². The number of hydrogen-bond donors (Lipinski definition) is 0.